The number of carbonyl (C=O) groups excluding carboxylic acids is 2. The topological polar surface area (TPSA) is 121 Å². The van der Waals surface area contributed by atoms with Crippen LogP contribution in [0.2, 0.25) is 0 Å². The molecular weight excluding hydrogens is 446 g/mol. The van der Waals surface area contributed by atoms with Gasteiger partial charge in [-0.3, -0.25) is 14.6 Å². The van der Waals surface area contributed by atoms with Crippen molar-refractivity contribution in [2.75, 3.05) is 10.6 Å². The predicted molar refractivity (Wildman–Crippen MR) is 130 cm³/mol. The Morgan fingerprint density at radius 2 is 1.84 bits per heavy atom. The number of amides is 1. The first-order chi connectivity index (χ1) is 15.2. The molecule has 0 spiro atoms. The van der Waals surface area contributed by atoms with Crippen molar-refractivity contribution >= 4 is 51.0 Å². The van der Waals surface area contributed by atoms with E-state index < -0.39 is 0 Å². The summed E-state index contributed by atoms with van der Waals surface area (Å²) in [4.78, 5) is 29.3. The van der Waals surface area contributed by atoms with Gasteiger partial charge in [-0.1, -0.05) is 6.07 Å². The Kier molecular flexibility index (Phi) is 7.18. The number of anilines is 2. The van der Waals surface area contributed by atoms with Crippen molar-refractivity contribution in [1.82, 2.24) is 9.99 Å². The number of benzene rings is 1. The number of hydrogen-bond acceptors (Lipinski definition) is 7. The van der Waals surface area contributed by atoms with E-state index in [1.165, 1.54) is 35.5 Å². The molecule has 0 aliphatic rings. The van der Waals surface area contributed by atoms with Gasteiger partial charge in [0, 0.05) is 35.3 Å². The maximum absolute atomic E-state index is 13.3. The van der Waals surface area contributed by atoms with Crippen LogP contribution in [-0.4, -0.2) is 31.9 Å². The molecule has 8 nitrogen and oxygen atoms in total. The number of ketones is 1. The summed E-state index contributed by atoms with van der Waals surface area (Å²) in [5.74, 6) is 5.69. The van der Waals surface area contributed by atoms with Crippen LogP contribution in [0.4, 0.5) is 10.7 Å². The number of hydrazine groups is 1. The second-order valence-corrected chi connectivity index (χ2v) is 8.77. The molecule has 10 heteroatoms. The molecule has 0 unspecified atom stereocenters. The zero-order chi connectivity index (χ0) is 23.4. The van der Waals surface area contributed by atoms with E-state index in [-0.39, 0.29) is 29.2 Å². The Balaban J connectivity index is 1.79. The molecule has 1 aromatic carbocycles. The Bertz CT molecular complexity index is 1160. The number of nitrogens with one attached hydrogen (secondary N) is 2. The Hall–Kier alpha value is -3.34. The van der Waals surface area contributed by atoms with Gasteiger partial charge in [-0.15, -0.1) is 11.3 Å². The van der Waals surface area contributed by atoms with Gasteiger partial charge in [0.15, 0.2) is 10.9 Å². The molecular formula is C22H23N5O3S2. The van der Waals surface area contributed by atoms with Gasteiger partial charge in [0.1, 0.15) is 5.00 Å². The molecule has 32 heavy (non-hydrogen) atoms. The van der Waals surface area contributed by atoms with Crippen molar-refractivity contribution in [1.29, 1.82) is 0 Å². The fourth-order valence-corrected chi connectivity index (χ4v) is 4.28. The van der Waals surface area contributed by atoms with Gasteiger partial charge in [-0.05, 0) is 61.5 Å². The van der Waals surface area contributed by atoms with Crippen LogP contribution in [0, 0.1) is 13.8 Å². The summed E-state index contributed by atoms with van der Waals surface area (Å²) in [6.07, 6.45) is 1.51. The molecule has 2 heterocycles. The van der Waals surface area contributed by atoms with E-state index in [9.17, 15) is 14.7 Å². The second-order valence-electron chi connectivity index (χ2n) is 7.16. The van der Waals surface area contributed by atoms with Gasteiger partial charge >= 0.3 is 0 Å². The van der Waals surface area contributed by atoms with Crippen LogP contribution in [0.25, 0.3) is 0 Å². The molecule has 0 aliphatic heterocycles. The molecule has 0 fully saturated rings. The number of pyridine rings is 1. The van der Waals surface area contributed by atoms with Crippen molar-refractivity contribution in [3.63, 3.8) is 0 Å². The number of aryl methyl sites for hydroxylation is 1. The molecule has 3 aromatic rings. The highest BCUT2D eigenvalue weighted by atomic mass is 32.1. The van der Waals surface area contributed by atoms with Gasteiger partial charge in [-0.2, -0.15) is 0 Å². The maximum Gasteiger partial charge on any atom is 0.221 e. The van der Waals surface area contributed by atoms with Crippen molar-refractivity contribution in [2.45, 2.75) is 27.3 Å². The van der Waals surface area contributed by atoms with Gasteiger partial charge in [-0.25, -0.2) is 10.8 Å². The number of carbonyl (C=O) groups is 2. The lowest BCUT2D eigenvalue weighted by atomic mass is 10.0. The smallest absolute Gasteiger partial charge is 0.221 e. The number of thiophene rings is 1. The van der Waals surface area contributed by atoms with E-state index in [1.807, 2.05) is 13.8 Å². The van der Waals surface area contributed by atoms with Crippen molar-refractivity contribution in [3.05, 3.63) is 69.7 Å². The highest BCUT2D eigenvalue weighted by Gasteiger charge is 2.22. The summed E-state index contributed by atoms with van der Waals surface area (Å²) in [6, 6.07) is 9.90. The molecule has 0 aliphatic carbocycles. The molecule has 0 bridgehead atoms. The quantitative estimate of drug-likeness (QED) is 0.187. The van der Waals surface area contributed by atoms with E-state index >= 15 is 0 Å². The molecule has 166 valence electrons. The van der Waals surface area contributed by atoms with Crippen LogP contribution in [0.15, 0.2) is 42.6 Å². The zero-order valence-electron chi connectivity index (χ0n) is 17.8. The summed E-state index contributed by atoms with van der Waals surface area (Å²) < 4.78 is 0. The third kappa shape index (κ3) is 5.47. The Morgan fingerprint density at radius 1 is 1.16 bits per heavy atom. The lowest BCUT2D eigenvalue weighted by Crippen LogP contribution is -2.39. The first-order valence-corrected chi connectivity index (χ1v) is 10.9. The zero-order valence-corrected chi connectivity index (χ0v) is 19.4. The van der Waals surface area contributed by atoms with Gasteiger partial charge < -0.3 is 15.7 Å². The Labute approximate surface area is 195 Å². The van der Waals surface area contributed by atoms with Gasteiger partial charge in [0.2, 0.25) is 11.8 Å². The average Bonchev–Trinajstić information content (AvgIpc) is 3.02. The van der Waals surface area contributed by atoms with Crippen molar-refractivity contribution in [2.24, 2.45) is 5.84 Å². The fraction of sp³-hybridized carbons (Fsp3) is 0.182. The number of thiocarbonyl (C=S) groups is 1. The normalized spacial score (nSPS) is 10.5. The van der Waals surface area contributed by atoms with Gasteiger partial charge in [0.25, 0.3) is 0 Å². The van der Waals surface area contributed by atoms with Crippen LogP contribution in [-0.2, 0) is 11.3 Å². The van der Waals surface area contributed by atoms with Crippen LogP contribution < -0.4 is 16.5 Å². The molecule has 0 saturated heterocycles. The van der Waals surface area contributed by atoms with E-state index in [4.69, 9.17) is 18.1 Å². The SMILES string of the molecule is CC(=O)Nc1ccc(C(=O)c2c(NC(=S)N(N)Cc3ccc(O)nc3)sc(C)c2C)cc1. The van der Waals surface area contributed by atoms with E-state index in [0.717, 1.165) is 16.0 Å². The monoisotopic (exact) mass is 469 g/mol. The summed E-state index contributed by atoms with van der Waals surface area (Å²) in [5, 5.41) is 17.3. The molecule has 2 aromatic heterocycles. The largest absolute Gasteiger partial charge is 0.493 e. The molecule has 0 radical (unpaired) electrons. The van der Waals surface area contributed by atoms with E-state index in [2.05, 4.69) is 15.6 Å². The average molecular weight is 470 g/mol. The van der Waals surface area contributed by atoms with Crippen molar-refractivity contribution in [3.8, 4) is 5.88 Å². The molecule has 1 amide bonds. The van der Waals surface area contributed by atoms with Crippen LogP contribution in [0.3, 0.4) is 0 Å². The van der Waals surface area contributed by atoms with Crippen molar-refractivity contribution < 1.29 is 14.7 Å². The minimum Gasteiger partial charge on any atom is -0.493 e. The predicted octanol–water partition coefficient (Wildman–Crippen LogP) is 3.73. The summed E-state index contributed by atoms with van der Waals surface area (Å²) >= 11 is 6.86. The second kappa shape index (κ2) is 9.86. The third-order valence-corrected chi connectivity index (χ3v) is 6.18. The van der Waals surface area contributed by atoms with E-state index in [0.29, 0.717) is 21.8 Å². The number of aromatic hydroxyl groups is 1. The highest BCUT2D eigenvalue weighted by Crippen LogP contribution is 2.34. The number of nitrogens with two attached hydrogens (primary N) is 1. The minimum atomic E-state index is -0.178. The van der Waals surface area contributed by atoms with Crippen LogP contribution >= 0.6 is 23.6 Å². The fourth-order valence-electron chi connectivity index (χ4n) is 2.99. The third-order valence-electron chi connectivity index (χ3n) is 4.72. The molecule has 0 atom stereocenters. The standard InChI is InChI=1S/C22H23N5O3S2/c1-12-13(2)32-21(26-22(31)27(23)11-15-4-9-18(29)24-10-15)19(12)20(30)16-5-7-17(8-6-16)25-14(3)28/h4-10H,11,23H2,1-3H3,(H,24,29)(H,25,28)(H,26,31). The lowest BCUT2D eigenvalue weighted by Gasteiger charge is -2.20. The first kappa shape index (κ1) is 23.3. The van der Waals surface area contributed by atoms with Crippen LogP contribution in [0.5, 0.6) is 5.88 Å². The summed E-state index contributed by atoms with van der Waals surface area (Å²) in [5.41, 5.74) is 3.27. The van der Waals surface area contributed by atoms with Crippen LogP contribution in [0.1, 0.15) is 38.8 Å². The number of nitrogens with zero attached hydrogens (tertiary/aromatic N) is 2. The number of rotatable bonds is 6. The lowest BCUT2D eigenvalue weighted by molar-refractivity contribution is -0.114. The van der Waals surface area contributed by atoms with Gasteiger partial charge in [0.05, 0.1) is 12.1 Å². The minimum absolute atomic E-state index is 0.0733. The first-order valence-electron chi connectivity index (χ1n) is 9.65. The van der Waals surface area contributed by atoms with E-state index in [1.54, 1.807) is 30.3 Å². The number of hydrogen-bond donors (Lipinski definition) is 4. The molecule has 5 N–H and O–H groups in total. The highest BCUT2D eigenvalue weighted by molar-refractivity contribution is 7.80. The summed E-state index contributed by atoms with van der Waals surface area (Å²) in [6.45, 7) is 5.53. The summed E-state index contributed by atoms with van der Waals surface area (Å²) in [7, 11) is 0. The Morgan fingerprint density at radius 3 is 2.44 bits per heavy atom. The molecule has 3 rings (SSSR count). The number of aromatic nitrogens is 1. The molecule has 0 saturated carbocycles. The maximum atomic E-state index is 13.3.